The van der Waals surface area contributed by atoms with E-state index in [1.54, 1.807) is 0 Å². The second kappa shape index (κ2) is 4.91. The van der Waals surface area contributed by atoms with Crippen molar-refractivity contribution in [2.75, 3.05) is 13.7 Å². The molecule has 0 aliphatic carbocycles. The Bertz CT molecular complexity index is 590. The average Bonchev–Trinajstić information content (AvgIpc) is 2.70. The van der Waals surface area contributed by atoms with E-state index in [1.807, 2.05) is 0 Å². The van der Waals surface area contributed by atoms with E-state index in [9.17, 15) is 18.3 Å². The van der Waals surface area contributed by atoms with Crippen molar-refractivity contribution in [3.05, 3.63) is 11.3 Å². The molecule has 0 unspecified atom stereocenters. The summed E-state index contributed by atoms with van der Waals surface area (Å²) >= 11 is 0. The van der Waals surface area contributed by atoms with Crippen molar-refractivity contribution in [2.45, 2.75) is 31.3 Å². The molecular weight excluding hydrogens is 274 g/mol. The number of aromatic nitrogens is 2. The van der Waals surface area contributed by atoms with Gasteiger partial charge < -0.3 is 10.2 Å². The molecule has 3 N–H and O–H groups in total. The molecule has 1 aromatic rings. The van der Waals surface area contributed by atoms with Crippen LogP contribution in [-0.4, -0.2) is 58.3 Å². The van der Waals surface area contributed by atoms with E-state index < -0.39 is 33.2 Å². The van der Waals surface area contributed by atoms with E-state index in [0.717, 1.165) is 4.31 Å². The first-order chi connectivity index (χ1) is 8.55. The fourth-order valence-corrected chi connectivity index (χ4v) is 3.03. The number of hydrogen-bond donors (Lipinski definition) is 3. The van der Waals surface area contributed by atoms with Gasteiger partial charge in [-0.1, -0.05) is 0 Å². The molecule has 1 heterocycles. The highest BCUT2D eigenvalue weighted by molar-refractivity contribution is 7.89. The number of carboxylic acids is 1. The van der Waals surface area contributed by atoms with Gasteiger partial charge in [0.05, 0.1) is 12.1 Å². The molecule has 0 saturated heterocycles. The summed E-state index contributed by atoms with van der Waals surface area (Å²) in [5.41, 5.74) is -1.30. The summed E-state index contributed by atoms with van der Waals surface area (Å²) < 4.78 is 25.6. The smallest absolute Gasteiger partial charge is 0.340 e. The quantitative estimate of drug-likeness (QED) is 0.690. The maximum Gasteiger partial charge on any atom is 0.340 e. The van der Waals surface area contributed by atoms with E-state index in [4.69, 9.17) is 5.11 Å². The van der Waals surface area contributed by atoms with E-state index >= 15 is 0 Å². The molecule has 0 spiro atoms. The number of nitrogens with zero attached hydrogens (tertiary/aromatic N) is 2. The Morgan fingerprint density at radius 3 is 2.42 bits per heavy atom. The van der Waals surface area contributed by atoms with Crippen molar-refractivity contribution >= 4 is 16.0 Å². The molecule has 0 fully saturated rings. The summed E-state index contributed by atoms with van der Waals surface area (Å²) in [7, 11) is -2.85. The lowest BCUT2D eigenvalue weighted by molar-refractivity contribution is 0.0691. The van der Waals surface area contributed by atoms with Crippen molar-refractivity contribution in [3.63, 3.8) is 0 Å². The number of hydrogen-bond acceptors (Lipinski definition) is 5. The van der Waals surface area contributed by atoms with Gasteiger partial charge in [-0.15, -0.1) is 0 Å². The van der Waals surface area contributed by atoms with Gasteiger partial charge in [-0.3, -0.25) is 5.10 Å². The minimum absolute atomic E-state index is 0.154. The number of carboxylic acid groups (broad SMARTS) is 1. The molecule has 0 radical (unpaired) electrons. The zero-order valence-electron chi connectivity index (χ0n) is 11.1. The maximum atomic E-state index is 12.3. The fraction of sp³-hybridized carbons (Fsp3) is 0.600. The Labute approximate surface area is 111 Å². The van der Waals surface area contributed by atoms with Crippen LogP contribution in [0.25, 0.3) is 0 Å². The normalized spacial score (nSPS) is 12.9. The van der Waals surface area contributed by atoms with Crippen molar-refractivity contribution in [2.24, 2.45) is 0 Å². The first-order valence-electron chi connectivity index (χ1n) is 5.44. The van der Waals surface area contributed by atoms with Crippen LogP contribution in [0, 0.1) is 6.92 Å². The van der Waals surface area contributed by atoms with Gasteiger partial charge in [0.2, 0.25) is 5.03 Å². The molecule has 0 atom stereocenters. The predicted molar refractivity (Wildman–Crippen MR) is 66.4 cm³/mol. The van der Waals surface area contributed by atoms with E-state index in [1.165, 1.54) is 27.8 Å². The fourth-order valence-electron chi connectivity index (χ4n) is 1.40. The van der Waals surface area contributed by atoms with Gasteiger partial charge >= 0.3 is 5.97 Å². The van der Waals surface area contributed by atoms with Crippen molar-refractivity contribution in [1.82, 2.24) is 14.5 Å². The number of nitrogens with one attached hydrogen (secondary N) is 1. The molecule has 0 aliphatic rings. The van der Waals surface area contributed by atoms with Crippen molar-refractivity contribution < 1.29 is 23.4 Å². The number of aromatic amines is 1. The third-order valence-electron chi connectivity index (χ3n) is 2.97. The number of aliphatic hydroxyl groups excluding tert-OH is 1. The standard InChI is InChI=1S/C10H17N3O5S/c1-6-7(9(15)16)8(12-11-6)19(17,18)13(4)10(2,3)5-14/h14H,5H2,1-4H3,(H,11,12)(H,15,16). The first-order valence-corrected chi connectivity index (χ1v) is 6.88. The van der Waals surface area contributed by atoms with Crippen LogP contribution in [0.3, 0.4) is 0 Å². The van der Waals surface area contributed by atoms with Crippen LogP contribution in [0.4, 0.5) is 0 Å². The number of aromatic carboxylic acids is 1. The number of sulfonamides is 1. The molecular formula is C10H17N3O5S. The Balaban J connectivity index is 3.41. The van der Waals surface area contributed by atoms with Crippen molar-refractivity contribution in [3.8, 4) is 0 Å². The minimum Gasteiger partial charge on any atom is -0.478 e. The zero-order valence-corrected chi connectivity index (χ0v) is 11.9. The summed E-state index contributed by atoms with van der Waals surface area (Å²) in [4.78, 5) is 11.1. The van der Waals surface area contributed by atoms with Gasteiger partial charge in [-0.05, 0) is 20.8 Å². The number of carbonyl (C=O) groups is 1. The van der Waals surface area contributed by atoms with Crippen LogP contribution in [0.5, 0.6) is 0 Å². The van der Waals surface area contributed by atoms with Crippen molar-refractivity contribution in [1.29, 1.82) is 0 Å². The minimum atomic E-state index is -4.11. The first kappa shape index (κ1) is 15.6. The average molecular weight is 291 g/mol. The summed E-state index contributed by atoms with van der Waals surface area (Å²) in [5, 5.41) is 23.6. The highest BCUT2D eigenvalue weighted by atomic mass is 32.2. The monoisotopic (exact) mass is 291 g/mol. The molecule has 19 heavy (non-hydrogen) atoms. The lowest BCUT2D eigenvalue weighted by Crippen LogP contribution is -2.47. The molecule has 0 aliphatic heterocycles. The molecule has 0 amide bonds. The van der Waals surface area contributed by atoms with Gasteiger partial charge in [0.1, 0.15) is 5.56 Å². The van der Waals surface area contributed by atoms with Gasteiger partial charge in [-0.25, -0.2) is 13.2 Å². The van der Waals surface area contributed by atoms with Gasteiger partial charge in [-0.2, -0.15) is 9.40 Å². The highest BCUT2D eigenvalue weighted by Gasteiger charge is 2.38. The Hall–Kier alpha value is -1.45. The molecule has 1 rings (SSSR count). The molecule has 0 aromatic carbocycles. The van der Waals surface area contributed by atoms with Gasteiger partial charge in [0.15, 0.2) is 0 Å². The summed E-state index contributed by atoms with van der Waals surface area (Å²) in [6.07, 6.45) is 0. The SMILES string of the molecule is Cc1[nH]nc(S(=O)(=O)N(C)C(C)(C)CO)c1C(=O)O. The summed E-state index contributed by atoms with van der Waals surface area (Å²) in [5.74, 6) is -1.37. The Morgan fingerprint density at radius 2 is 2.00 bits per heavy atom. The number of likely N-dealkylation sites (N-methyl/N-ethyl adjacent to an activating group) is 1. The largest absolute Gasteiger partial charge is 0.478 e. The molecule has 0 bridgehead atoms. The zero-order chi connectivity index (χ0) is 15.0. The summed E-state index contributed by atoms with van der Waals surface area (Å²) in [6.45, 7) is 4.05. The third-order valence-corrected chi connectivity index (χ3v) is 4.97. The number of rotatable bonds is 5. The van der Waals surface area contributed by atoms with Crippen LogP contribution >= 0.6 is 0 Å². The van der Waals surface area contributed by atoms with Crippen LogP contribution in [0.1, 0.15) is 29.9 Å². The molecule has 1 aromatic heterocycles. The second-order valence-corrected chi connectivity index (χ2v) is 6.66. The number of aliphatic hydroxyl groups is 1. The van der Waals surface area contributed by atoms with Gasteiger partial charge in [0, 0.05) is 12.7 Å². The maximum absolute atomic E-state index is 12.3. The molecule has 8 nitrogen and oxygen atoms in total. The lowest BCUT2D eigenvalue weighted by atomic mass is 10.1. The topological polar surface area (TPSA) is 124 Å². The number of H-pyrrole nitrogens is 1. The molecule has 108 valence electrons. The highest BCUT2D eigenvalue weighted by Crippen LogP contribution is 2.24. The molecule has 0 saturated carbocycles. The number of aryl methyl sites for hydroxylation is 1. The summed E-state index contributed by atoms with van der Waals surface area (Å²) in [6, 6.07) is 0. The third kappa shape index (κ3) is 2.62. The van der Waals surface area contributed by atoms with Crippen LogP contribution in [0.2, 0.25) is 0 Å². The van der Waals surface area contributed by atoms with E-state index in [-0.39, 0.29) is 11.3 Å². The Morgan fingerprint density at radius 1 is 1.47 bits per heavy atom. The lowest BCUT2D eigenvalue weighted by Gasteiger charge is -2.32. The second-order valence-electron chi connectivity index (χ2n) is 4.78. The Kier molecular flexibility index (Phi) is 4.03. The molecule has 9 heteroatoms. The van der Waals surface area contributed by atoms with E-state index in [2.05, 4.69) is 10.2 Å². The van der Waals surface area contributed by atoms with E-state index in [0.29, 0.717) is 0 Å². The van der Waals surface area contributed by atoms with Crippen LogP contribution < -0.4 is 0 Å². The van der Waals surface area contributed by atoms with Crippen LogP contribution in [0.15, 0.2) is 5.03 Å². The predicted octanol–water partition coefficient (Wildman–Crippen LogP) is -0.192. The van der Waals surface area contributed by atoms with Gasteiger partial charge in [0.25, 0.3) is 10.0 Å². The van der Waals surface area contributed by atoms with Crippen LogP contribution in [-0.2, 0) is 10.0 Å².